The number of anilines is 1. The lowest BCUT2D eigenvalue weighted by Gasteiger charge is -2.33. The fraction of sp³-hybridized carbons (Fsp3) is 0.429. The van der Waals surface area contributed by atoms with Crippen LogP contribution < -0.4 is 9.64 Å². The van der Waals surface area contributed by atoms with E-state index in [-0.39, 0.29) is 11.9 Å². The van der Waals surface area contributed by atoms with E-state index in [2.05, 4.69) is 0 Å². The number of hydrogen-bond acceptors (Lipinski definition) is 4. The Labute approximate surface area is 112 Å². The van der Waals surface area contributed by atoms with Crippen LogP contribution in [-0.2, 0) is 14.3 Å². The highest BCUT2D eigenvalue weighted by Crippen LogP contribution is 2.28. The smallest absolute Gasteiger partial charge is 0.328 e. The molecule has 1 heterocycles. The third-order valence-corrected chi connectivity index (χ3v) is 3.27. The molecule has 1 aromatic carbocycles. The number of amides is 1. The molecule has 19 heavy (non-hydrogen) atoms. The number of carbonyl (C=O) groups excluding carboxylic acids is 2. The quantitative estimate of drug-likeness (QED) is 0.780. The maximum absolute atomic E-state index is 12.1. The lowest BCUT2D eigenvalue weighted by molar-refractivity contribution is -0.144. The molecule has 5 heteroatoms. The van der Waals surface area contributed by atoms with Gasteiger partial charge in [-0.3, -0.25) is 9.69 Å². The summed E-state index contributed by atoms with van der Waals surface area (Å²) in [6.07, 6.45) is 1.80. The van der Waals surface area contributed by atoms with Crippen LogP contribution in [0.4, 0.5) is 5.69 Å². The van der Waals surface area contributed by atoms with Crippen LogP contribution in [0.2, 0.25) is 0 Å². The Morgan fingerprint density at radius 2 is 1.95 bits per heavy atom. The molecule has 1 atom stereocenters. The van der Waals surface area contributed by atoms with Crippen LogP contribution in [0.1, 0.15) is 19.3 Å². The molecule has 102 valence electrons. The van der Waals surface area contributed by atoms with Gasteiger partial charge in [0, 0.05) is 12.1 Å². The first kappa shape index (κ1) is 13.4. The lowest BCUT2D eigenvalue weighted by Crippen LogP contribution is -2.48. The summed E-state index contributed by atoms with van der Waals surface area (Å²) in [6.45, 7) is 0. The molecule has 0 radical (unpaired) electrons. The second-order valence-corrected chi connectivity index (χ2v) is 4.39. The average Bonchev–Trinajstić information content (AvgIpc) is 2.46. The number of piperidine rings is 1. The third-order valence-electron chi connectivity index (χ3n) is 3.27. The van der Waals surface area contributed by atoms with E-state index in [1.165, 1.54) is 12.0 Å². The van der Waals surface area contributed by atoms with Gasteiger partial charge in [0.2, 0.25) is 5.91 Å². The average molecular weight is 263 g/mol. The first-order valence-electron chi connectivity index (χ1n) is 6.21. The van der Waals surface area contributed by atoms with Crippen molar-refractivity contribution in [3.63, 3.8) is 0 Å². The number of carbonyl (C=O) groups is 2. The van der Waals surface area contributed by atoms with E-state index in [0.717, 1.165) is 0 Å². The van der Waals surface area contributed by atoms with Crippen molar-refractivity contribution >= 4 is 17.6 Å². The standard InChI is InChI=1S/C14H17NO4/c1-18-11-8-6-10(7-9-11)15-12(14(17)19-2)4-3-5-13(15)16/h6-9,12H,3-5H2,1-2H3. The molecule has 0 N–H and O–H groups in total. The Kier molecular flexibility index (Phi) is 4.04. The zero-order valence-electron chi connectivity index (χ0n) is 11.1. The molecule has 1 aliphatic rings. The number of methoxy groups -OCH3 is 2. The van der Waals surface area contributed by atoms with E-state index in [4.69, 9.17) is 9.47 Å². The Bertz CT molecular complexity index is 469. The summed E-state index contributed by atoms with van der Waals surface area (Å²) in [4.78, 5) is 25.4. The van der Waals surface area contributed by atoms with Crippen molar-refractivity contribution in [1.82, 2.24) is 0 Å². The van der Waals surface area contributed by atoms with Crippen molar-refractivity contribution in [3.8, 4) is 5.75 Å². The molecule has 1 aliphatic heterocycles. The minimum atomic E-state index is -0.528. The minimum absolute atomic E-state index is 0.0492. The SMILES string of the molecule is COC(=O)C1CCCC(=O)N1c1ccc(OC)cc1. The molecular weight excluding hydrogens is 246 g/mol. The number of nitrogens with zero attached hydrogens (tertiary/aromatic N) is 1. The van der Waals surface area contributed by atoms with E-state index in [1.54, 1.807) is 31.4 Å². The molecule has 1 fully saturated rings. The van der Waals surface area contributed by atoms with Crippen molar-refractivity contribution in [2.75, 3.05) is 19.1 Å². The van der Waals surface area contributed by atoms with Gasteiger partial charge in [-0.2, -0.15) is 0 Å². The van der Waals surface area contributed by atoms with Crippen LogP contribution in [0, 0.1) is 0 Å². The largest absolute Gasteiger partial charge is 0.497 e. The minimum Gasteiger partial charge on any atom is -0.497 e. The number of benzene rings is 1. The summed E-state index contributed by atoms with van der Waals surface area (Å²) < 4.78 is 9.86. The summed E-state index contributed by atoms with van der Waals surface area (Å²) in [5.74, 6) is 0.290. The second-order valence-electron chi connectivity index (χ2n) is 4.39. The third kappa shape index (κ3) is 2.70. The van der Waals surface area contributed by atoms with E-state index in [1.807, 2.05) is 0 Å². The van der Waals surface area contributed by atoms with E-state index >= 15 is 0 Å². The molecule has 0 saturated carbocycles. The summed E-state index contributed by atoms with van der Waals surface area (Å²) in [6, 6.07) is 6.56. The number of ether oxygens (including phenoxy) is 2. The van der Waals surface area contributed by atoms with Crippen LogP contribution in [0.25, 0.3) is 0 Å². The van der Waals surface area contributed by atoms with Crippen LogP contribution in [0.5, 0.6) is 5.75 Å². The summed E-state index contributed by atoms with van der Waals surface area (Å²) in [5, 5.41) is 0. The van der Waals surface area contributed by atoms with Crippen molar-refractivity contribution < 1.29 is 19.1 Å². The van der Waals surface area contributed by atoms with Gasteiger partial charge in [0.1, 0.15) is 11.8 Å². The fourth-order valence-corrected chi connectivity index (χ4v) is 2.30. The summed E-state index contributed by atoms with van der Waals surface area (Å²) in [7, 11) is 2.92. The highest BCUT2D eigenvalue weighted by atomic mass is 16.5. The van der Waals surface area contributed by atoms with Gasteiger partial charge in [-0.1, -0.05) is 0 Å². The predicted octanol–water partition coefficient (Wildman–Crippen LogP) is 1.75. The summed E-state index contributed by atoms with van der Waals surface area (Å²) >= 11 is 0. The van der Waals surface area contributed by atoms with E-state index < -0.39 is 6.04 Å². The Morgan fingerprint density at radius 3 is 2.53 bits per heavy atom. The zero-order valence-corrected chi connectivity index (χ0v) is 11.1. The molecule has 1 saturated heterocycles. The van der Waals surface area contributed by atoms with Gasteiger partial charge in [-0.25, -0.2) is 4.79 Å². The fourth-order valence-electron chi connectivity index (χ4n) is 2.30. The molecule has 1 unspecified atom stereocenters. The van der Waals surface area contributed by atoms with E-state index in [0.29, 0.717) is 30.7 Å². The van der Waals surface area contributed by atoms with Crippen molar-refractivity contribution in [2.45, 2.75) is 25.3 Å². The monoisotopic (exact) mass is 263 g/mol. The topological polar surface area (TPSA) is 55.8 Å². The van der Waals surface area contributed by atoms with Gasteiger partial charge in [0.25, 0.3) is 0 Å². The second kappa shape index (κ2) is 5.73. The normalized spacial score (nSPS) is 19.2. The van der Waals surface area contributed by atoms with Crippen molar-refractivity contribution in [1.29, 1.82) is 0 Å². The van der Waals surface area contributed by atoms with Crippen molar-refractivity contribution in [3.05, 3.63) is 24.3 Å². The predicted molar refractivity (Wildman–Crippen MR) is 70.1 cm³/mol. The molecule has 5 nitrogen and oxygen atoms in total. The molecule has 0 aromatic heterocycles. The van der Waals surface area contributed by atoms with Crippen LogP contribution >= 0.6 is 0 Å². The molecule has 1 amide bonds. The first-order chi connectivity index (χ1) is 9.17. The summed E-state index contributed by atoms with van der Waals surface area (Å²) in [5.41, 5.74) is 0.695. The molecule has 0 spiro atoms. The van der Waals surface area contributed by atoms with Gasteiger partial charge in [-0.15, -0.1) is 0 Å². The lowest BCUT2D eigenvalue weighted by atomic mass is 10.0. The molecule has 1 aromatic rings. The van der Waals surface area contributed by atoms with Gasteiger partial charge < -0.3 is 9.47 Å². The maximum Gasteiger partial charge on any atom is 0.328 e. The van der Waals surface area contributed by atoms with Gasteiger partial charge in [0.15, 0.2) is 0 Å². The number of hydrogen-bond donors (Lipinski definition) is 0. The van der Waals surface area contributed by atoms with Gasteiger partial charge >= 0.3 is 5.97 Å². The molecular formula is C14H17NO4. The Morgan fingerprint density at radius 1 is 1.26 bits per heavy atom. The Hall–Kier alpha value is -2.04. The van der Waals surface area contributed by atoms with Crippen LogP contribution in [-0.4, -0.2) is 32.1 Å². The van der Waals surface area contributed by atoms with Crippen LogP contribution in [0.15, 0.2) is 24.3 Å². The first-order valence-corrected chi connectivity index (χ1v) is 6.21. The molecule has 2 rings (SSSR count). The van der Waals surface area contributed by atoms with Crippen molar-refractivity contribution in [2.24, 2.45) is 0 Å². The van der Waals surface area contributed by atoms with E-state index in [9.17, 15) is 9.59 Å². The maximum atomic E-state index is 12.1. The highest BCUT2D eigenvalue weighted by Gasteiger charge is 2.34. The Balaban J connectivity index is 2.30. The van der Waals surface area contributed by atoms with Crippen LogP contribution in [0.3, 0.4) is 0 Å². The number of rotatable bonds is 3. The van der Waals surface area contributed by atoms with Gasteiger partial charge in [0.05, 0.1) is 14.2 Å². The highest BCUT2D eigenvalue weighted by molar-refractivity contribution is 6.00. The molecule has 0 bridgehead atoms. The molecule has 0 aliphatic carbocycles. The number of esters is 1. The van der Waals surface area contributed by atoms with Gasteiger partial charge in [-0.05, 0) is 37.1 Å². The zero-order chi connectivity index (χ0) is 13.8.